The van der Waals surface area contributed by atoms with E-state index in [0.29, 0.717) is 22.8 Å². The lowest BCUT2D eigenvalue weighted by Gasteiger charge is -2.09. The van der Waals surface area contributed by atoms with E-state index in [2.05, 4.69) is 25.9 Å². The summed E-state index contributed by atoms with van der Waals surface area (Å²) >= 11 is 0. The van der Waals surface area contributed by atoms with Crippen molar-refractivity contribution in [2.45, 2.75) is 6.92 Å². The van der Waals surface area contributed by atoms with E-state index < -0.39 is 0 Å². The summed E-state index contributed by atoms with van der Waals surface area (Å²) in [6, 6.07) is 15.7. The first kappa shape index (κ1) is 18.8. The lowest BCUT2D eigenvalue weighted by atomic mass is 10.2. The fourth-order valence-corrected chi connectivity index (χ4v) is 2.45. The van der Waals surface area contributed by atoms with Gasteiger partial charge < -0.3 is 20.7 Å². The molecule has 0 aliphatic heterocycles. The highest BCUT2D eigenvalue weighted by molar-refractivity contribution is 6.03. The van der Waals surface area contributed by atoms with Crippen LogP contribution in [0.1, 0.15) is 17.4 Å². The Morgan fingerprint density at radius 2 is 1.64 bits per heavy atom. The van der Waals surface area contributed by atoms with Gasteiger partial charge in [0.05, 0.1) is 7.11 Å². The zero-order valence-electron chi connectivity index (χ0n) is 15.4. The van der Waals surface area contributed by atoms with Crippen molar-refractivity contribution in [3.63, 3.8) is 0 Å². The Morgan fingerprint density at radius 3 is 2.39 bits per heavy atom. The summed E-state index contributed by atoms with van der Waals surface area (Å²) < 4.78 is 5.15. The van der Waals surface area contributed by atoms with E-state index in [1.807, 2.05) is 0 Å². The van der Waals surface area contributed by atoms with Gasteiger partial charge in [0.1, 0.15) is 11.4 Å². The number of aromatic nitrogens is 2. The largest absolute Gasteiger partial charge is 0.497 e. The summed E-state index contributed by atoms with van der Waals surface area (Å²) in [7, 11) is 1.56. The van der Waals surface area contributed by atoms with Gasteiger partial charge in [-0.05, 0) is 36.4 Å². The Bertz CT molecular complexity index is 1010. The van der Waals surface area contributed by atoms with Crippen LogP contribution >= 0.6 is 0 Å². The van der Waals surface area contributed by atoms with Crippen molar-refractivity contribution < 1.29 is 14.3 Å². The first-order valence-electron chi connectivity index (χ1n) is 8.46. The number of rotatable bonds is 6. The number of carbonyl (C=O) groups is 2. The second kappa shape index (κ2) is 8.63. The van der Waals surface area contributed by atoms with E-state index in [1.165, 1.54) is 19.2 Å². The Morgan fingerprint density at radius 1 is 0.929 bits per heavy atom. The van der Waals surface area contributed by atoms with Gasteiger partial charge in [0.25, 0.3) is 5.91 Å². The number of ether oxygens (including phenoxy) is 1. The van der Waals surface area contributed by atoms with Gasteiger partial charge in [-0.25, -0.2) is 9.97 Å². The minimum absolute atomic E-state index is 0.162. The average molecular weight is 377 g/mol. The Balaban J connectivity index is 1.73. The van der Waals surface area contributed by atoms with Gasteiger partial charge in [-0.3, -0.25) is 9.59 Å². The maximum atomic E-state index is 12.5. The summed E-state index contributed by atoms with van der Waals surface area (Å²) in [5.74, 6) is 0.371. The van der Waals surface area contributed by atoms with E-state index in [4.69, 9.17) is 4.74 Å². The molecule has 0 unspecified atom stereocenters. The zero-order valence-corrected chi connectivity index (χ0v) is 15.4. The third-order valence-corrected chi connectivity index (χ3v) is 3.65. The molecule has 0 radical (unpaired) electrons. The van der Waals surface area contributed by atoms with Crippen LogP contribution in [0.3, 0.4) is 0 Å². The molecule has 28 heavy (non-hydrogen) atoms. The van der Waals surface area contributed by atoms with Gasteiger partial charge in [0, 0.05) is 36.2 Å². The molecule has 0 aliphatic carbocycles. The Labute approximate surface area is 162 Å². The summed E-state index contributed by atoms with van der Waals surface area (Å²) in [6.07, 6.45) is 1.49. The van der Waals surface area contributed by atoms with Gasteiger partial charge in [0.15, 0.2) is 0 Å². The van der Waals surface area contributed by atoms with E-state index >= 15 is 0 Å². The number of amides is 2. The molecule has 0 fully saturated rings. The molecule has 3 rings (SSSR count). The minimum Gasteiger partial charge on any atom is -0.497 e. The molecule has 3 N–H and O–H groups in total. The molecular weight excluding hydrogens is 358 g/mol. The van der Waals surface area contributed by atoms with Gasteiger partial charge in [0.2, 0.25) is 11.9 Å². The van der Waals surface area contributed by atoms with E-state index in [0.717, 1.165) is 0 Å². The second-order valence-electron chi connectivity index (χ2n) is 5.84. The molecule has 0 bridgehead atoms. The average Bonchev–Trinajstić information content (AvgIpc) is 2.68. The van der Waals surface area contributed by atoms with Crippen molar-refractivity contribution in [3.05, 3.63) is 66.5 Å². The van der Waals surface area contributed by atoms with Crippen LogP contribution < -0.4 is 20.7 Å². The van der Waals surface area contributed by atoms with Crippen LogP contribution in [0.5, 0.6) is 5.75 Å². The zero-order chi connectivity index (χ0) is 19.9. The molecule has 2 amide bonds. The van der Waals surface area contributed by atoms with Crippen LogP contribution in [0.25, 0.3) is 0 Å². The second-order valence-corrected chi connectivity index (χ2v) is 5.84. The topological polar surface area (TPSA) is 105 Å². The molecule has 8 heteroatoms. The van der Waals surface area contributed by atoms with Crippen molar-refractivity contribution in [1.29, 1.82) is 0 Å². The molecule has 142 valence electrons. The normalized spacial score (nSPS) is 10.1. The Kier molecular flexibility index (Phi) is 5.81. The standard InChI is InChI=1S/C20H19N5O3/c1-13(26)22-14-5-3-6-15(11-14)24-20-21-10-9-18(25-20)19(27)23-16-7-4-8-17(12-16)28-2/h3-12H,1-2H3,(H,22,26)(H,23,27)(H,21,24,25). The van der Waals surface area contributed by atoms with Crippen LogP contribution in [-0.4, -0.2) is 28.9 Å². The number of anilines is 4. The highest BCUT2D eigenvalue weighted by Crippen LogP contribution is 2.19. The lowest BCUT2D eigenvalue weighted by Crippen LogP contribution is -2.14. The van der Waals surface area contributed by atoms with Crippen molar-refractivity contribution in [1.82, 2.24) is 9.97 Å². The van der Waals surface area contributed by atoms with E-state index in [1.54, 1.807) is 55.6 Å². The van der Waals surface area contributed by atoms with Crippen molar-refractivity contribution in [3.8, 4) is 5.75 Å². The van der Waals surface area contributed by atoms with Crippen LogP contribution in [0.4, 0.5) is 23.0 Å². The number of methoxy groups -OCH3 is 1. The summed E-state index contributed by atoms with van der Waals surface area (Å²) in [6.45, 7) is 1.44. The third kappa shape index (κ3) is 5.04. The monoisotopic (exact) mass is 377 g/mol. The molecule has 0 spiro atoms. The van der Waals surface area contributed by atoms with Crippen molar-refractivity contribution >= 4 is 34.8 Å². The predicted octanol–water partition coefficient (Wildman–Crippen LogP) is 3.44. The highest BCUT2D eigenvalue weighted by Gasteiger charge is 2.10. The fourth-order valence-electron chi connectivity index (χ4n) is 2.45. The molecule has 8 nitrogen and oxygen atoms in total. The quantitative estimate of drug-likeness (QED) is 0.608. The van der Waals surface area contributed by atoms with Crippen LogP contribution in [-0.2, 0) is 4.79 Å². The number of hydrogen-bond acceptors (Lipinski definition) is 6. The molecule has 2 aromatic carbocycles. The molecule has 0 saturated carbocycles. The summed E-state index contributed by atoms with van der Waals surface area (Å²) in [5, 5.41) is 8.49. The number of benzene rings is 2. The number of carbonyl (C=O) groups excluding carboxylic acids is 2. The molecule has 3 aromatic rings. The molecule has 0 atom stereocenters. The van der Waals surface area contributed by atoms with Gasteiger partial charge in [-0.1, -0.05) is 12.1 Å². The van der Waals surface area contributed by atoms with Crippen LogP contribution in [0.2, 0.25) is 0 Å². The van der Waals surface area contributed by atoms with Gasteiger partial charge >= 0.3 is 0 Å². The fraction of sp³-hybridized carbons (Fsp3) is 0.100. The number of nitrogens with zero attached hydrogens (tertiary/aromatic N) is 2. The molecule has 1 heterocycles. The van der Waals surface area contributed by atoms with Crippen molar-refractivity contribution in [2.75, 3.05) is 23.1 Å². The van der Waals surface area contributed by atoms with Crippen LogP contribution in [0, 0.1) is 0 Å². The number of hydrogen-bond donors (Lipinski definition) is 3. The van der Waals surface area contributed by atoms with Crippen molar-refractivity contribution in [2.24, 2.45) is 0 Å². The highest BCUT2D eigenvalue weighted by atomic mass is 16.5. The number of nitrogens with one attached hydrogen (secondary N) is 3. The summed E-state index contributed by atoms with van der Waals surface area (Å²) in [5.41, 5.74) is 2.12. The maximum Gasteiger partial charge on any atom is 0.274 e. The molecule has 1 aromatic heterocycles. The first-order chi connectivity index (χ1) is 13.5. The third-order valence-electron chi connectivity index (χ3n) is 3.65. The molecule has 0 aliphatic rings. The minimum atomic E-state index is -0.370. The predicted molar refractivity (Wildman–Crippen MR) is 107 cm³/mol. The first-order valence-corrected chi connectivity index (χ1v) is 8.46. The van der Waals surface area contributed by atoms with E-state index in [9.17, 15) is 9.59 Å². The molecule has 0 saturated heterocycles. The SMILES string of the molecule is COc1cccc(NC(=O)c2ccnc(Nc3cccc(NC(C)=O)c3)n2)c1. The smallest absolute Gasteiger partial charge is 0.274 e. The Hall–Kier alpha value is -3.94. The van der Waals surface area contributed by atoms with Gasteiger partial charge in [-0.15, -0.1) is 0 Å². The lowest BCUT2D eigenvalue weighted by molar-refractivity contribution is -0.114. The molecular formula is C20H19N5O3. The summed E-state index contributed by atoms with van der Waals surface area (Å²) in [4.78, 5) is 32.0. The van der Waals surface area contributed by atoms with Gasteiger partial charge in [-0.2, -0.15) is 0 Å². The van der Waals surface area contributed by atoms with Crippen LogP contribution in [0.15, 0.2) is 60.8 Å². The van der Waals surface area contributed by atoms with E-state index in [-0.39, 0.29) is 23.5 Å². The maximum absolute atomic E-state index is 12.5.